The van der Waals surface area contributed by atoms with Crippen LogP contribution in [0.15, 0.2) is 33.3 Å². The molecule has 0 aliphatic rings. The van der Waals surface area contributed by atoms with Crippen LogP contribution in [0.2, 0.25) is 0 Å². The smallest absolute Gasteiger partial charge is 0.174 e. The number of hydrogen-bond donors (Lipinski definition) is 1. The average Bonchev–Trinajstić information content (AvgIpc) is 2.85. The van der Waals surface area contributed by atoms with Gasteiger partial charge in [0.15, 0.2) is 5.76 Å². The molecule has 0 saturated heterocycles. The van der Waals surface area contributed by atoms with Gasteiger partial charge in [0.25, 0.3) is 0 Å². The molecule has 1 aromatic heterocycles. The lowest BCUT2D eigenvalue weighted by Gasteiger charge is -2.07. The van der Waals surface area contributed by atoms with E-state index in [-0.39, 0.29) is 0 Å². The Labute approximate surface area is 113 Å². The van der Waals surface area contributed by atoms with Crippen molar-refractivity contribution in [3.8, 4) is 11.5 Å². The lowest BCUT2D eigenvalue weighted by molar-refractivity contribution is 0.247. The maximum atomic E-state index is 5.60. The summed E-state index contributed by atoms with van der Waals surface area (Å²) in [5.41, 5.74) is 6.15. The fourth-order valence-corrected chi connectivity index (χ4v) is 1.87. The summed E-state index contributed by atoms with van der Waals surface area (Å²) < 4.78 is 16.6. The zero-order chi connectivity index (χ0) is 13.0. The molecule has 0 amide bonds. The van der Waals surface area contributed by atoms with Gasteiger partial charge in [0.1, 0.15) is 18.1 Å². The molecule has 2 N–H and O–H groups in total. The predicted molar refractivity (Wildman–Crippen MR) is 69.4 cm³/mol. The fourth-order valence-electron chi connectivity index (χ4n) is 1.39. The molecule has 2 rings (SSSR count). The van der Waals surface area contributed by atoms with Gasteiger partial charge in [-0.25, -0.2) is 0 Å². The minimum absolute atomic E-state index is 0.304. The van der Waals surface area contributed by atoms with Crippen LogP contribution in [0.1, 0.15) is 11.5 Å². The molecule has 0 bridgehead atoms. The van der Waals surface area contributed by atoms with Crippen LogP contribution in [-0.4, -0.2) is 12.3 Å². The minimum Gasteiger partial charge on any atom is -0.497 e. The number of halogens is 1. The topological polar surface area (TPSA) is 70.5 Å². The molecule has 6 heteroatoms. The van der Waals surface area contributed by atoms with Crippen molar-refractivity contribution in [2.45, 2.75) is 13.2 Å². The van der Waals surface area contributed by atoms with Crippen molar-refractivity contribution in [2.75, 3.05) is 7.11 Å². The molecule has 0 spiro atoms. The van der Waals surface area contributed by atoms with Crippen LogP contribution in [0.5, 0.6) is 11.5 Å². The van der Waals surface area contributed by atoms with E-state index in [0.717, 1.165) is 10.2 Å². The number of benzene rings is 1. The Balaban J connectivity index is 2.01. The maximum absolute atomic E-state index is 5.60. The van der Waals surface area contributed by atoms with Crippen LogP contribution in [0, 0.1) is 0 Å². The molecule has 0 saturated carbocycles. The number of nitrogens with two attached hydrogens (primary N) is 1. The normalized spacial score (nSPS) is 10.4. The second-order valence-electron chi connectivity index (χ2n) is 3.57. The average molecular weight is 313 g/mol. The molecule has 18 heavy (non-hydrogen) atoms. The number of methoxy groups -OCH3 is 1. The largest absolute Gasteiger partial charge is 0.497 e. The minimum atomic E-state index is 0.304. The van der Waals surface area contributed by atoms with Crippen molar-refractivity contribution in [1.29, 1.82) is 0 Å². The number of aromatic nitrogens is 1. The molecular formula is C12H13BrN2O3. The van der Waals surface area contributed by atoms with Crippen LogP contribution in [0.25, 0.3) is 0 Å². The molecule has 1 aromatic carbocycles. The number of hydrogen-bond acceptors (Lipinski definition) is 5. The summed E-state index contributed by atoms with van der Waals surface area (Å²) in [6.45, 7) is 0.660. The first-order chi connectivity index (χ1) is 8.72. The van der Waals surface area contributed by atoms with Gasteiger partial charge in [0, 0.05) is 12.6 Å². The second-order valence-corrected chi connectivity index (χ2v) is 4.43. The maximum Gasteiger partial charge on any atom is 0.174 e. The van der Waals surface area contributed by atoms with Gasteiger partial charge in [-0.2, -0.15) is 0 Å². The summed E-state index contributed by atoms with van der Waals surface area (Å²) in [6, 6.07) is 7.26. The second kappa shape index (κ2) is 5.88. The predicted octanol–water partition coefficient (Wildman–Crippen LogP) is 2.48. The Morgan fingerprint density at radius 2 is 2.22 bits per heavy atom. The van der Waals surface area contributed by atoms with E-state index in [4.69, 9.17) is 19.7 Å². The lowest BCUT2D eigenvalue weighted by atomic mass is 10.3. The molecule has 0 radical (unpaired) electrons. The van der Waals surface area contributed by atoms with Crippen LogP contribution in [-0.2, 0) is 13.2 Å². The van der Waals surface area contributed by atoms with Gasteiger partial charge in [-0.15, -0.1) is 0 Å². The van der Waals surface area contributed by atoms with Gasteiger partial charge in [-0.05, 0) is 34.1 Å². The van der Waals surface area contributed by atoms with Crippen molar-refractivity contribution < 1.29 is 14.0 Å². The van der Waals surface area contributed by atoms with E-state index >= 15 is 0 Å². The van der Waals surface area contributed by atoms with Gasteiger partial charge < -0.3 is 19.7 Å². The summed E-state index contributed by atoms with van der Waals surface area (Å²) in [7, 11) is 1.62. The van der Waals surface area contributed by atoms with E-state index < -0.39 is 0 Å². The first-order valence-electron chi connectivity index (χ1n) is 5.34. The summed E-state index contributed by atoms with van der Waals surface area (Å²) in [5, 5.41) is 3.79. The highest BCUT2D eigenvalue weighted by atomic mass is 79.9. The van der Waals surface area contributed by atoms with Gasteiger partial charge >= 0.3 is 0 Å². The van der Waals surface area contributed by atoms with E-state index in [0.29, 0.717) is 30.4 Å². The Morgan fingerprint density at radius 1 is 1.39 bits per heavy atom. The molecule has 1 heterocycles. The van der Waals surface area contributed by atoms with Crippen molar-refractivity contribution in [1.82, 2.24) is 5.16 Å². The highest BCUT2D eigenvalue weighted by Crippen LogP contribution is 2.29. The number of ether oxygens (including phenoxy) is 2. The Bertz CT molecular complexity index is 528. The molecule has 0 aliphatic carbocycles. The SMILES string of the molecule is COc1ccc(OCc2cc(CN)no2)c(Br)c1. The van der Waals surface area contributed by atoms with Crippen LogP contribution in [0.3, 0.4) is 0 Å². The van der Waals surface area contributed by atoms with Gasteiger partial charge in [0.05, 0.1) is 17.3 Å². The summed E-state index contributed by atoms with van der Waals surface area (Å²) >= 11 is 3.41. The molecule has 5 nitrogen and oxygen atoms in total. The summed E-state index contributed by atoms with van der Waals surface area (Å²) in [5.74, 6) is 2.11. The van der Waals surface area contributed by atoms with Gasteiger partial charge in [0.2, 0.25) is 0 Å². The Kier molecular flexibility index (Phi) is 4.22. The third-order valence-corrected chi connectivity index (χ3v) is 2.95. The summed E-state index contributed by atoms with van der Waals surface area (Å²) in [4.78, 5) is 0. The molecular weight excluding hydrogens is 300 g/mol. The van der Waals surface area contributed by atoms with Crippen molar-refractivity contribution in [3.05, 3.63) is 40.2 Å². The fraction of sp³-hybridized carbons (Fsp3) is 0.250. The quantitative estimate of drug-likeness (QED) is 0.918. The Morgan fingerprint density at radius 3 is 2.83 bits per heavy atom. The first-order valence-corrected chi connectivity index (χ1v) is 6.13. The third kappa shape index (κ3) is 3.02. The lowest BCUT2D eigenvalue weighted by Crippen LogP contribution is -1.96. The van der Waals surface area contributed by atoms with E-state index in [2.05, 4.69) is 21.1 Å². The zero-order valence-electron chi connectivity index (χ0n) is 9.85. The van der Waals surface area contributed by atoms with Gasteiger partial charge in [-0.3, -0.25) is 0 Å². The standard InChI is InChI=1S/C12H13BrN2O3/c1-16-9-2-3-12(11(13)5-9)17-7-10-4-8(6-14)15-18-10/h2-5H,6-7,14H2,1H3. The molecule has 2 aromatic rings. The molecule has 0 aliphatic heterocycles. The molecule has 0 fully saturated rings. The highest BCUT2D eigenvalue weighted by molar-refractivity contribution is 9.10. The van der Waals surface area contributed by atoms with Crippen molar-refractivity contribution >= 4 is 15.9 Å². The Hall–Kier alpha value is -1.53. The van der Waals surface area contributed by atoms with E-state index in [1.807, 2.05) is 18.2 Å². The van der Waals surface area contributed by atoms with E-state index in [1.54, 1.807) is 13.2 Å². The monoisotopic (exact) mass is 312 g/mol. The van der Waals surface area contributed by atoms with E-state index in [1.165, 1.54) is 0 Å². The van der Waals surface area contributed by atoms with Crippen LogP contribution in [0.4, 0.5) is 0 Å². The third-order valence-electron chi connectivity index (χ3n) is 2.33. The van der Waals surface area contributed by atoms with Crippen LogP contribution >= 0.6 is 15.9 Å². The highest BCUT2D eigenvalue weighted by Gasteiger charge is 2.06. The van der Waals surface area contributed by atoms with Crippen molar-refractivity contribution in [3.63, 3.8) is 0 Å². The summed E-state index contributed by atoms with van der Waals surface area (Å²) in [6.07, 6.45) is 0. The van der Waals surface area contributed by atoms with E-state index in [9.17, 15) is 0 Å². The molecule has 0 unspecified atom stereocenters. The van der Waals surface area contributed by atoms with Crippen LogP contribution < -0.4 is 15.2 Å². The van der Waals surface area contributed by atoms with Crippen molar-refractivity contribution in [2.24, 2.45) is 5.73 Å². The zero-order valence-corrected chi connectivity index (χ0v) is 11.4. The number of rotatable bonds is 5. The molecule has 0 atom stereocenters. The number of nitrogens with zero attached hydrogens (tertiary/aromatic N) is 1. The molecule has 96 valence electrons. The van der Waals surface area contributed by atoms with Gasteiger partial charge in [-0.1, -0.05) is 5.16 Å². The first kappa shape index (κ1) is 12.9.